The Labute approximate surface area is 146 Å². The fraction of sp³-hybridized carbons (Fsp3) is 0.176. The molecule has 1 fully saturated rings. The fourth-order valence-electron chi connectivity index (χ4n) is 3.19. The zero-order valence-corrected chi connectivity index (χ0v) is 13.5. The van der Waals surface area contributed by atoms with E-state index in [9.17, 15) is 18.8 Å². The van der Waals surface area contributed by atoms with Crippen molar-refractivity contribution in [3.63, 3.8) is 0 Å². The van der Waals surface area contributed by atoms with Crippen molar-refractivity contribution in [2.75, 3.05) is 11.4 Å². The topological polar surface area (TPSA) is 114 Å². The van der Waals surface area contributed by atoms with Crippen LogP contribution in [0.3, 0.4) is 0 Å². The first-order chi connectivity index (χ1) is 12.4. The average molecular weight is 355 g/mol. The maximum atomic E-state index is 13.4. The summed E-state index contributed by atoms with van der Waals surface area (Å²) in [7, 11) is 0. The summed E-state index contributed by atoms with van der Waals surface area (Å²) in [5.74, 6) is -1.68. The number of nitrogens with one attached hydrogen (secondary N) is 1. The number of fused-ring (bicyclic) bond motifs is 1. The maximum absolute atomic E-state index is 13.4. The largest absolute Gasteiger partial charge is 0.365 e. The number of H-pyrrole nitrogens is 1. The Kier molecular flexibility index (Phi) is 3.57. The molecule has 26 heavy (non-hydrogen) atoms. The summed E-state index contributed by atoms with van der Waals surface area (Å²) in [4.78, 5) is 41.9. The summed E-state index contributed by atoms with van der Waals surface area (Å²) >= 11 is 0. The standard InChI is InChI=1S/C17H14FN5O3/c18-10-2-1-3-11(5-10)22-8-9(4-14(22)24)13-6-15(25)23-17(21-13)12(7-20-23)16(19)26/h1-3,5-7,9,20H,4,8H2,(H2,19,26)/t9-/m1/s1. The van der Waals surface area contributed by atoms with Crippen LogP contribution < -0.4 is 16.2 Å². The molecule has 9 heteroatoms. The van der Waals surface area contributed by atoms with Crippen molar-refractivity contribution >= 4 is 23.1 Å². The summed E-state index contributed by atoms with van der Waals surface area (Å²) < 4.78 is 14.6. The number of benzene rings is 1. The van der Waals surface area contributed by atoms with E-state index in [2.05, 4.69) is 10.1 Å². The summed E-state index contributed by atoms with van der Waals surface area (Å²) in [6, 6.07) is 7.08. The first-order valence-corrected chi connectivity index (χ1v) is 7.91. The minimum atomic E-state index is -0.711. The van der Waals surface area contributed by atoms with Gasteiger partial charge in [-0.05, 0) is 18.2 Å². The third-order valence-corrected chi connectivity index (χ3v) is 4.45. The number of hydrogen-bond acceptors (Lipinski definition) is 4. The average Bonchev–Trinajstić information content (AvgIpc) is 3.18. The summed E-state index contributed by atoms with van der Waals surface area (Å²) in [6.45, 7) is 0.265. The summed E-state index contributed by atoms with van der Waals surface area (Å²) in [5, 5.41) is 2.63. The Bertz CT molecular complexity index is 1100. The molecule has 0 bridgehead atoms. The molecule has 0 spiro atoms. The van der Waals surface area contributed by atoms with E-state index in [1.54, 1.807) is 6.07 Å². The monoisotopic (exact) mass is 355 g/mol. The van der Waals surface area contributed by atoms with E-state index in [1.165, 1.54) is 35.4 Å². The molecule has 2 amide bonds. The van der Waals surface area contributed by atoms with E-state index < -0.39 is 17.3 Å². The molecule has 1 aromatic carbocycles. The molecule has 3 aromatic rings. The number of nitrogens with zero attached hydrogens (tertiary/aromatic N) is 3. The number of hydrogen-bond donors (Lipinski definition) is 2. The molecule has 132 valence electrons. The molecule has 2 aromatic heterocycles. The molecule has 1 aliphatic heterocycles. The van der Waals surface area contributed by atoms with Gasteiger partial charge >= 0.3 is 0 Å². The minimum absolute atomic E-state index is 0.0928. The lowest BCUT2D eigenvalue weighted by molar-refractivity contribution is -0.117. The van der Waals surface area contributed by atoms with Gasteiger partial charge in [0.1, 0.15) is 11.4 Å². The highest BCUT2D eigenvalue weighted by Crippen LogP contribution is 2.31. The molecule has 3 heterocycles. The third-order valence-electron chi connectivity index (χ3n) is 4.45. The Morgan fingerprint density at radius 2 is 2.12 bits per heavy atom. The van der Waals surface area contributed by atoms with Crippen molar-refractivity contribution in [2.45, 2.75) is 12.3 Å². The molecule has 0 unspecified atom stereocenters. The number of nitrogens with two attached hydrogens (primary N) is 1. The van der Waals surface area contributed by atoms with Crippen LogP contribution in [-0.2, 0) is 4.79 Å². The molecule has 0 radical (unpaired) electrons. The number of amides is 2. The second-order valence-corrected chi connectivity index (χ2v) is 6.11. The molecule has 1 aliphatic rings. The second-order valence-electron chi connectivity index (χ2n) is 6.11. The van der Waals surface area contributed by atoms with Gasteiger partial charge in [0, 0.05) is 36.8 Å². The van der Waals surface area contributed by atoms with E-state index >= 15 is 0 Å². The molecule has 4 rings (SSSR count). The lowest BCUT2D eigenvalue weighted by Crippen LogP contribution is -2.24. The quantitative estimate of drug-likeness (QED) is 0.723. The van der Waals surface area contributed by atoms with Gasteiger partial charge in [-0.15, -0.1) is 0 Å². The van der Waals surface area contributed by atoms with Crippen LogP contribution in [-0.4, -0.2) is 33.0 Å². The Hall–Kier alpha value is -3.49. The van der Waals surface area contributed by atoms with E-state index in [-0.39, 0.29) is 36.0 Å². The van der Waals surface area contributed by atoms with Crippen molar-refractivity contribution in [1.82, 2.24) is 14.6 Å². The Morgan fingerprint density at radius 3 is 2.85 bits per heavy atom. The van der Waals surface area contributed by atoms with Crippen molar-refractivity contribution < 1.29 is 14.0 Å². The van der Waals surface area contributed by atoms with Crippen molar-refractivity contribution in [2.24, 2.45) is 5.73 Å². The van der Waals surface area contributed by atoms with Gasteiger partial charge in [-0.2, -0.15) is 0 Å². The van der Waals surface area contributed by atoms with E-state index in [1.807, 2.05) is 0 Å². The van der Waals surface area contributed by atoms with Gasteiger partial charge in [-0.1, -0.05) is 6.07 Å². The van der Waals surface area contributed by atoms with Crippen LogP contribution in [0.1, 0.15) is 28.4 Å². The molecule has 1 atom stereocenters. The molecular weight excluding hydrogens is 341 g/mol. The van der Waals surface area contributed by atoms with Crippen LogP contribution in [0.25, 0.3) is 5.65 Å². The first kappa shape index (κ1) is 16.0. The lowest BCUT2D eigenvalue weighted by atomic mass is 10.0. The number of aromatic amines is 1. The SMILES string of the molecule is NC(=O)c1c[nH]n2c(=O)cc([C@@H]3CC(=O)N(c4cccc(F)c4)C3)nc12. The number of anilines is 1. The zero-order valence-electron chi connectivity index (χ0n) is 13.5. The van der Waals surface area contributed by atoms with Crippen LogP contribution in [0.5, 0.6) is 0 Å². The van der Waals surface area contributed by atoms with Crippen LogP contribution >= 0.6 is 0 Å². The smallest absolute Gasteiger partial charge is 0.272 e. The van der Waals surface area contributed by atoms with E-state index in [0.29, 0.717) is 11.4 Å². The van der Waals surface area contributed by atoms with E-state index in [0.717, 1.165) is 4.52 Å². The number of carbonyl (C=O) groups is 2. The van der Waals surface area contributed by atoms with Gasteiger partial charge in [0.25, 0.3) is 11.5 Å². The number of rotatable bonds is 3. The zero-order chi connectivity index (χ0) is 18.4. The summed E-state index contributed by atoms with van der Waals surface area (Å²) in [6.07, 6.45) is 1.45. The highest BCUT2D eigenvalue weighted by molar-refractivity contribution is 5.98. The fourth-order valence-corrected chi connectivity index (χ4v) is 3.19. The molecule has 8 nitrogen and oxygen atoms in total. The van der Waals surface area contributed by atoms with Crippen molar-refractivity contribution in [3.8, 4) is 0 Å². The van der Waals surface area contributed by atoms with Gasteiger partial charge < -0.3 is 10.6 Å². The molecule has 3 N–H and O–H groups in total. The van der Waals surface area contributed by atoms with Gasteiger partial charge in [0.2, 0.25) is 5.91 Å². The predicted octanol–water partition coefficient (Wildman–Crippen LogP) is 0.781. The van der Waals surface area contributed by atoms with Crippen LogP contribution in [0.2, 0.25) is 0 Å². The predicted molar refractivity (Wildman–Crippen MR) is 90.4 cm³/mol. The normalized spacial score (nSPS) is 17.2. The lowest BCUT2D eigenvalue weighted by Gasteiger charge is -2.16. The molecule has 0 saturated carbocycles. The number of primary amides is 1. The van der Waals surface area contributed by atoms with Gasteiger partial charge in [0.05, 0.1) is 5.69 Å². The molecular formula is C17H14FN5O3. The third kappa shape index (κ3) is 2.53. The second kappa shape index (κ2) is 5.80. The van der Waals surface area contributed by atoms with Crippen molar-refractivity contribution in [3.05, 3.63) is 64.0 Å². The maximum Gasteiger partial charge on any atom is 0.272 e. The number of aromatic nitrogens is 3. The number of carbonyl (C=O) groups excluding carboxylic acids is 2. The van der Waals surface area contributed by atoms with Gasteiger partial charge in [0.15, 0.2) is 5.65 Å². The van der Waals surface area contributed by atoms with Gasteiger partial charge in [-0.25, -0.2) is 13.9 Å². The molecule has 0 aliphatic carbocycles. The van der Waals surface area contributed by atoms with Crippen LogP contribution in [0.4, 0.5) is 10.1 Å². The Morgan fingerprint density at radius 1 is 1.31 bits per heavy atom. The summed E-state index contributed by atoms with van der Waals surface area (Å²) in [5.41, 5.74) is 5.95. The van der Waals surface area contributed by atoms with Gasteiger partial charge in [-0.3, -0.25) is 19.5 Å². The molecule has 1 saturated heterocycles. The van der Waals surface area contributed by atoms with E-state index in [4.69, 9.17) is 5.73 Å². The van der Waals surface area contributed by atoms with Crippen molar-refractivity contribution in [1.29, 1.82) is 0 Å². The highest BCUT2D eigenvalue weighted by Gasteiger charge is 2.33. The highest BCUT2D eigenvalue weighted by atomic mass is 19.1. The minimum Gasteiger partial charge on any atom is -0.365 e. The number of halogens is 1. The van der Waals surface area contributed by atoms with Crippen LogP contribution in [0.15, 0.2) is 41.3 Å². The van der Waals surface area contributed by atoms with Crippen LogP contribution in [0, 0.1) is 5.82 Å². The first-order valence-electron chi connectivity index (χ1n) is 7.91. The Balaban J connectivity index is 1.72.